The Balaban J connectivity index is 1.76. The molecule has 6 heteroatoms. The van der Waals surface area contributed by atoms with Crippen LogP contribution >= 0.6 is 0 Å². The minimum absolute atomic E-state index is 0.0556. The molecule has 1 aliphatic rings. The van der Waals surface area contributed by atoms with Crippen molar-refractivity contribution in [2.75, 3.05) is 25.0 Å². The number of hydrogen-bond acceptors (Lipinski definition) is 4. The number of nitrogens with zero attached hydrogens (tertiary/aromatic N) is 3. The Bertz CT molecular complexity index is 469. The fourth-order valence-electron chi connectivity index (χ4n) is 2.37. The number of aryl methyl sites for hydroxylation is 1. The average molecular weight is 291 g/mol. The predicted octanol–water partition coefficient (Wildman–Crippen LogP) is 2.03. The molecular formula is C15H25N5O. The first-order chi connectivity index (χ1) is 10.0. The Kier molecular flexibility index (Phi) is 5.36. The first-order valence-electron chi connectivity index (χ1n) is 7.62. The molecule has 0 unspecified atom stereocenters. The molecule has 21 heavy (non-hydrogen) atoms. The van der Waals surface area contributed by atoms with Crippen LogP contribution in [0.5, 0.6) is 0 Å². The largest absolute Gasteiger partial charge is 0.367 e. The predicted molar refractivity (Wildman–Crippen MR) is 83.2 cm³/mol. The van der Waals surface area contributed by atoms with Crippen LogP contribution in [0.1, 0.15) is 32.4 Å². The minimum Gasteiger partial charge on any atom is -0.367 e. The van der Waals surface area contributed by atoms with Crippen molar-refractivity contribution in [3.05, 3.63) is 18.1 Å². The van der Waals surface area contributed by atoms with E-state index in [0.29, 0.717) is 12.0 Å². The lowest BCUT2D eigenvalue weighted by Crippen LogP contribution is -2.47. The number of carbonyl (C=O) groups excluding carboxylic acids is 1. The van der Waals surface area contributed by atoms with Crippen molar-refractivity contribution < 1.29 is 4.79 Å². The summed E-state index contributed by atoms with van der Waals surface area (Å²) in [4.78, 5) is 22.2. The summed E-state index contributed by atoms with van der Waals surface area (Å²) < 4.78 is 0. The van der Waals surface area contributed by atoms with Crippen molar-refractivity contribution in [3.8, 4) is 0 Å². The Morgan fingerprint density at radius 2 is 2.10 bits per heavy atom. The molecule has 0 aliphatic carbocycles. The minimum atomic E-state index is 0.0556. The molecule has 1 aromatic heterocycles. The Hall–Kier alpha value is -1.85. The van der Waals surface area contributed by atoms with E-state index < -0.39 is 0 Å². The van der Waals surface area contributed by atoms with E-state index in [-0.39, 0.29) is 6.03 Å². The number of anilines is 1. The second-order valence-corrected chi connectivity index (χ2v) is 6.03. The van der Waals surface area contributed by atoms with Gasteiger partial charge in [0.25, 0.3) is 0 Å². The van der Waals surface area contributed by atoms with Crippen LogP contribution in [0.2, 0.25) is 0 Å². The van der Waals surface area contributed by atoms with Crippen LogP contribution < -0.4 is 10.6 Å². The third-order valence-corrected chi connectivity index (χ3v) is 3.60. The Morgan fingerprint density at radius 1 is 1.38 bits per heavy atom. The third-order valence-electron chi connectivity index (χ3n) is 3.60. The Labute approximate surface area is 126 Å². The second-order valence-electron chi connectivity index (χ2n) is 6.03. The molecule has 1 aliphatic heterocycles. The topological polar surface area (TPSA) is 70.2 Å². The fraction of sp³-hybridized carbons (Fsp3) is 0.667. The number of aromatic nitrogens is 2. The van der Waals surface area contributed by atoms with Crippen molar-refractivity contribution in [3.63, 3.8) is 0 Å². The molecule has 116 valence electrons. The van der Waals surface area contributed by atoms with Gasteiger partial charge in [0.05, 0.1) is 0 Å². The highest BCUT2D eigenvalue weighted by Gasteiger charge is 2.22. The summed E-state index contributed by atoms with van der Waals surface area (Å²) >= 11 is 0. The van der Waals surface area contributed by atoms with Gasteiger partial charge in [-0.25, -0.2) is 14.8 Å². The van der Waals surface area contributed by atoms with E-state index in [9.17, 15) is 4.79 Å². The highest BCUT2D eigenvalue weighted by molar-refractivity contribution is 5.74. The standard InChI is InChI=1S/C15H25N5O/c1-11(2)9-16-15(21)20-6-4-13(5-7-20)19-14-8-12(3)17-10-18-14/h8,10-11,13H,4-7,9H2,1-3H3,(H,16,21)(H,17,18,19). The highest BCUT2D eigenvalue weighted by Crippen LogP contribution is 2.15. The summed E-state index contributed by atoms with van der Waals surface area (Å²) in [6.45, 7) is 8.45. The number of piperidine rings is 1. The summed E-state index contributed by atoms with van der Waals surface area (Å²) in [6.07, 6.45) is 3.46. The van der Waals surface area contributed by atoms with E-state index in [1.54, 1.807) is 6.33 Å². The summed E-state index contributed by atoms with van der Waals surface area (Å²) in [5.74, 6) is 1.35. The second kappa shape index (κ2) is 7.24. The van der Waals surface area contributed by atoms with Gasteiger partial charge in [-0.1, -0.05) is 13.8 Å². The Morgan fingerprint density at radius 3 is 2.71 bits per heavy atom. The molecule has 2 amide bonds. The van der Waals surface area contributed by atoms with E-state index in [1.807, 2.05) is 17.9 Å². The summed E-state index contributed by atoms with van der Waals surface area (Å²) in [6, 6.07) is 2.37. The first-order valence-corrected chi connectivity index (χ1v) is 7.62. The maximum atomic E-state index is 12.0. The van der Waals surface area contributed by atoms with Crippen LogP contribution in [-0.2, 0) is 0 Å². The molecule has 6 nitrogen and oxygen atoms in total. The molecule has 2 N–H and O–H groups in total. The van der Waals surface area contributed by atoms with Gasteiger partial charge in [-0.2, -0.15) is 0 Å². The van der Waals surface area contributed by atoms with Gasteiger partial charge in [-0.15, -0.1) is 0 Å². The number of amides is 2. The van der Waals surface area contributed by atoms with Crippen LogP contribution in [0.25, 0.3) is 0 Å². The molecule has 0 saturated carbocycles. The first kappa shape index (κ1) is 15.5. The molecule has 0 bridgehead atoms. The fourth-order valence-corrected chi connectivity index (χ4v) is 2.37. The number of likely N-dealkylation sites (tertiary alicyclic amines) is 1. The average Bonchev–Trinajstić information content (AvgIpc) is 2.45. The maximum absolute atomic E-state index is 12.0. The highest BCUT2D eigenvalue weighted by atomic mass is 16.2. The number of rotatable bonds is 4. The van der Waals surface area contributed by atoms with Gasteiger partial charge >= 0.3 is 6.03 Å². The van der Waals surface area contributed by atoms with Gasteiger partial charge in [-0.3, -0.25) is 0 Å². The lowest BCUT2D eigenvalue weighted by atomic mass is 10.1. The quantitative estimate of drug-likeness (QED) is 0.890. The molecule has 0 atom stereocenters. The molecule has 1 saturated heterocycles. The van der Waals surface area contributed by atoms with E-state index in [1.165, 1.54) is 0 Å². The zero-order valence-corrected chi connectivity index (χ0v) is 13.1. The van der Waals surface area contributed by atoms with Crippen LogP contribution in [-0.4, -0.2) is 46.6 Å². The lowest BCUT2D eigenvalue weighted by molar-refractivity contribution is 0.182. The number of hydrogen-bond donors (Lipinski definition) is 2. The van der Waals surface area contributed by atoms with Gasteiger partial charge < -0.3 is 15.5 Å². The van der Waals surface area contributed by atoms with E-state index in [4.69, 9.17) is 0 Å². The van der Waals surface area contributed by atoms with Crippen molar-refractivity contribution in [2.45, 2.75) is 39.7 Å². The van der Waals surface area contributed by atoms with Gasteiger partial charge in [-0.05, 0) is 25.7 Å². The SMILES string of the molecule is Cc1cc(NC2CCN(C(=O)NCC(C)C)CC2)ncn1. The lowest BCUT2D eigenvalue weighted by Gasteiger charge is -2.32. The normalized spacial score (nSPS) is 16.1. The van der Waals surface area contributed by atoms with Gasteiger partial charge in [0, 0.05) is 37.4 Å². The molecule has 0 spiro atoms. The molecule has 0 radical (unpaired) electrons. The monoisotopic (exact) mass is 291 g/mol. The summed E-state index contributed by atoms with van der Waals surface area (Å²) in [5.41, 5.74) is 0.956. The van der Waals surface area contributed by atoms with Crippen molar-refractivity contribution in [1.82, 2.24) is 20.2 Å². The van der Waals surface area contributed by atoms with Crippen LogP contribution in [0.3, 0.4) is 0 Å². The zero-order chi connectivity index (χ0) is 15.2. The van der Waals surface area contributed by atoms with E-state index >= 15 is 0 Å². The zero-order valence-electron chi connectivity index (χ0n) is 13.1. The van der Waals surface area contributed by atoms with Crippen LogP contribution in [0, 0.1) is 12.8 Å². The van der Waals surface area contributed by atoms with Crippen molar-refractivity contribution in [2.24, 2.45) is 5.92 Å². The third kappa shape index (κ3) is 4.88. The number of nitrogens with one attached hydrogen (secondary N) is 2. The molecule has 1 fully saturated rings. The van der Waals surface area contributed by atoms with E-state index in [2.05, 4.69) is 34.4 Å². The van der Waals surface area contributed by atoms with Gasteiger partial charge in [0.1, 0.15) is 12.1 Å². The van der Waals surface area contributed by atoms with E-state index in [0.717, 1.165) is 44.0 Å². The van der Waals surface area contributed by atoms with Crippen LogP contribution in [0.4, 0.5) is 10.6 Å². The molecular weight excluding hydrogens is 266 g/mol. The summed E-state index contributed by atoms with van der Waals surface area (Å²) in [5, 5.41) is 6.39. The number of carbonyl (C=O) groups is 1. The summed E-state index contributed by atoms with van der Waals surface area (Å²) in [7, 11) is 0. The molecule has 0 aromatic carbocycles. The van der Waals surface area contributed by atoms with Crippen molar-refractivity contribution in [1.29, 1.82) is 0 Å². The molecule has 1 aromatic rings. The number of urea groups is 1. The van der Waals surface area contributed by atoms with Gasteiger partial charge in [0.15, 0.2) is 0 Å². The van der Waals surface area contributed by atoms with Gasteiger partial charge in [0.2, 0.25) is 0 Å². The van der Waals surface area contributed by atoms with Crippen molar-refractivity contribution >= 4 is 11.8 Å². The molecule has 2 heterocycles. The molecule has 2 rings (SSSR count). The maximum Gasteiger partial charge on any atom is 0.317 e. The van der Waals surface area contributed by atoms with Crippen LogP contribution in [0.15, 0.2) is 12.4 Å². The smallest absolute Gasteiger partial charge is 0.317 e.